The Labute approximate surface area is 185 Å². The number of Topliss-reactive ketones (excluding diaryl/α,β-unsaturated/α-hetero) is 1. The fourth-order valence-electron chi connectivity index (χ4n) is 3.88. The molecular formula is C22H24ClFN2O3S. The van der Waals surface area contributed by atoms with Gasteiger partial charge in [-0.15, -0.1) is 12.4 Å². The SMILES string of the molecule is CC(=O)SC1CCN(C(C(=O)C2CC2)c2ccccc2F)C/C1=C/c1cnco1.Cl. The first-order valence-electron chi connectivity index (χ1n) is 9.81. The molecular weight excluding hydrogens is 427 g/mol. The van der Waals surface area contributed by atoms with Crippen molar-refractivity contribution in [3.63, 3.8) is 0 Å². The summed E-state index contributed by atoms with van der Waals surface area (Å²) >= 11 is 1.29. The number of hydrogen-bond acceptors (Lipinski definition) is 6. The number of carbonyl (C=O) groups excluding carboxylic acids is 2. The molecule has 0 N–H and O–H groups in total. The number of carbonyl (C=O) groups is 2. The minimum absolute atomic E-state index is 0. The molecule has 0 bridgehead atoms. The van der Waals surface area contributed by atoms with E-state index in [0.29, 0.717) is 30.8 Å². The van der Waals surface area contributed by atoms with Gasteiger partial charge in [0.15, 0.2) is 17.3 Å². The Morgan fingerprint density at radius 1 is 1.30 bits per heavy atom. The van der Waals surface area contributed by atoms with Gasteiger partial charge in [0, 0.05) is 36.7 Å². The van der Waals surface area contributed by atoms with Crippen LogP contribution < -0.4 is 0 Å². The van der Waals surface area contributed by atoms with Crippen molar-refractivity contribution in [3.8, 4) is 0 Å². The summed E-state index contributed by atoms with van der Waals surface area (Å²) in [6.45, 7) is 2.65. The smallest absolute Gasteiger partial charge is 0.186 e. The molecule has 2 aliphatic rings. The highest BCUT2D eigenvalue weighted by Gasteiger charge is 2.41. The quantitative estimate of drug-likeness (QED) is 0.636. The Morgan fingerprint density at radius 2 is 2.07 bits per heavy atom. The predicted molar refractivity (Wildman–Crippen MR) is 117 cm³/mol. The van der Waals surface area contributed by atoms with Crippen LogP contribution in [0.3, 0.4) is 0 Å². The number of hydrogen-bond donors (Lipinski definition) is 0. The lowest BCUT2D eigenvalue weighted by molar-refractivity contribution is -0.126. The number of oxazole rings is 1. The average molecular weight is 451 g/mol. The third kappa shape index (κ3) is 5.20. The zero-order chi connectivity index (χ0) is 20.4. The minimum Gasteiger partial charge on any atom is -0.444 e. The maximum absolute atomic E-state index is 14.6. The second kappa shape index (κ2) is 9.90. The second-order valence-electron chi connectivity index (χ2n) is 7.58. The highest BCUT2D eigenvalue weighted by molar-refractivity contribution is 8.14. The van der Waals surface area contributed by atoms with Gasteiger partial charge < -0.3 is 4.42 Å². The second-order valence-corrected chi connectivity index (χ2v) is 8.96. The van der Waals surface area contributed by atoms with Crippen LogP contribution in [0.2, 0.25) is 0 Å². The van der Waals surface area contributed by atoms with Crippen LogP contribution in [0.5, 0.6) is 0 Å². The third-order valence-electron chi connectivity index (χ3n) is 5.38. The van der Waals surface area contributed by atoms with E-state index in [2.05, 4.69) is 4.98 Å². The predicted octanol–water partition coefficient (Wildman–Crippen LogP) is 4.69. The van der Waals surface area contributed by atoms with Crippen LogP contribution in [-0.2, 0) is 9.59 Å². The van der Waals surface area contributed by atoms with Gasteiger partial charge in [0.2, 0.25) is 0 Å². The van der Waals surface area contributed by atoms with Gasteiger partial charge in [0.1, 0.15) is 11.6 Å². The van der Waals surface area contributed by atoms with Gasteiger partial charge in [-0.3, -0.25) is 14.5 Å². The van der Waals surface area contributed by atoms with Crippen LogP contribution in [0.25, 0.3) is 6.08 Å². The largest absolute Gasteiger partial charge is 0.444 e. The molecule has 2 aromatic rings. The number of benzene rings is 1. The normalized spacial score (nSPS) is 21.8. The number of nitrogens with zero attached hydrogens (tertiary/aromatic N) is 2. The molecule has 160 valence electrons. The molecule has 2 fully saturated rings. The zero-order valence-electron chi connectivity index (χ0n) is 16.6. The molecule has 1 saturated heterocycles. The van der Waals surface area contributed by atoms with E-state index in [-0.39, 0.29) is 40.3 Å². The number of likely N-dealkylation sites (tertiary alicyclic amines) is 1. The Kier molecular flexibility index (Phi) is 7.50. The Balaban J connectivity index is 0.00000256. The Bertz CT molecular complexity index is 930. The molecule has 5 nitrogen and oxygen atoms in total. The van der Waals surface area contributed by atoms with Crippen molar-refractivity contribution in [1.82, 2.24) is 9.88 Å². The lowest BCUT2D eigenvalue weighted by Gasteiger charge is -2.38. The van der Waals surface area contributed by atoms with Crippen molar-refractivity contribution in [3.05, 3.63) is 59.6 Å². The highest BCUT2D eigenvalue weighted by atomic mass is 35.5. The van der Waals surface area contributed by atoms with Gasteiger partial charge in [-0.2, -0.15) is 0 Å². The molecule has 0 radical (unpaired) electrons. The number of rotatable bonds is 6. The first-order chi connectivity index (χ1) is 14.0. The summed E-state index contributed by atoms with van der Waals surface area (Å²) in [6, 6.07) is 5.92. The summed E-state index contributed by atoms with van der Waals surface area (Å²) in [5.41, 5.74) is 1.42. The van der Waals surface area contributed by atoms with Gasteiger partial charge in [-0.1, -0.05) is 30.0 Å². The van der Waals surface area contributed by atoms with Crippen molar-refractivity contribution < 1.29 is 18.4 Å². The highest BCUT2D eigenvalue weighted by Crippen LogP contribution is 2.40. The van der Waals surface area contributed by atoms with Crippen molar-refractivity contribution in [2.24, 2.45) is 5.92 Å². The van der Waals surface area contributed by atoms with E-state index < -0.39 is 6.04 Å². The maximum atomic E-state index is 14.6. The van der Waals surface area contributed by atoms with E-state index in [1.165, 1.54) is 24.2 Å². The van der Waals surface area contributed by atoms with E-state index in [1.807, 2.05) is 11.0 Å². The zero-order valence-corrected chi connectivity index (χ0v) is 18.3. The molecule has 2 atom stereocenters. The minimum atomic E-state index is -0.606. The lowest BCUT2D eigenvalue weighted by Crippen LogP contribution is -2.43. The molecule has 30 heavy (non-hydrogen) atoms. The maximum Gasteiger partial charge on any atom is 0.186 e. The fraction of sp³-hybridized carbons (Fsp3) is 0.409. The first kappa shape index (κ1) is 22.7. The van der Waals surface area contributed by atoms with E-state index in [4.69, 9.17) is 4.42 Å². The lowest BCUT2D eigenvalue weighted by atomic mass is 9.93. The van der Waals surface area contributed by atoms with Gasteiger partial charge in [0.25, 0.3) is 0 Å². The van der Waals surface area contributed by atoms with Crippen LogP contribution in [0.4, 0.5) is 4.39 Å². The first-order valence-corrected chi connectivity index (χ1v) is 10.7. The molecule has 1 saturated carbocycles. The van der Waals surface area contributed by atoms with Crippen LogP contribution in [0.1, 0.15) is 43.6 Å². The number of aromatic nitrogens is 1. The van der Waals surface area contributed by atoms with E-state index in [1.54, 1.807) is 31.3 Å². The molecule has 0 amide bonds. The van der Waals surface area contributed by atoms with Gasteiger partial charge >= 0.3 is 0 Å². The van der Waals surface area contributed by atoms with Crippen LogP contribution in [0, 0.1) is 11.7 Å². The summed E-state index contributed by atoms with van der Waals surface area (Å²) in [5, 5.41) is 0.0535. The molecule has 2 heterocycles. The van der Waals surface area contributed by atoms with Gasteiger partial charge in [-0.05, 0) is 37.0 Å². The fourth-order valence-corrected chi connectivity index (χ4v) is 4.79. The van der Waals surface area contributed by atoms with Crippen LogP contribution in [0.15, 0.2) is 46.8 Å². The molecule has 1 aromatic heterocycles. The molecule has 8 heteroatoms. The monoisotopic (exact) mass is 450 g/mol. The van der Waals surface area contributed by atoms with Crippen molar-refractivity contribution in [2.75, 3.05) is 13.1 Å². The number of ketones is 1. The average Bonchev–Trinajstić information content (AvgIpc) is 3.42. The summed E-state index contributed by atoms with van der Waals surface area (Å²) in [4.78, 5) is 30.8. The van der Waals surface area contributed by atoms with Gasteiger partial charge in [0.05, 0.1) is 12.2 Å². The van der Waals surface area contributed by atoms with E-state index >= 15 is 0 Å². The summed E-state index contributed by atoms with van der Waals surface area (Å²) in [5.74, 6) is 0.358. The number of thioether (sulfide) groups is 1. The van der Waals surface area contributed by atoms with Crippen molar-refractivity contribution in [2.45, 2.75) is 37.5 Å². The Hall–Kier alpha value is -1.96. The summed E-state index contributed by atoms with van der Waals surface area (Å²) < 4.78 is 20.0. The van der Waals surface area contributed by atoms with Crippen LogP contribution >= 0.6 is 24.2 Å². The molecule has 2 unspecified atom stereocenters. The molecule has 4 rings (SSSR count). The van der Waals surface area contributed by atoms with Crippen LogP contribution in [-0.4, -0.2) is 39.1 Å². The third-order valence-corrected chi connectivity index (χ3v) is 6.53. The molecule has 0 spiro atoms. The van der Waals surface area contributed by atoms with Crippen molar-refractivity contribution in [1.29, 1.82) is 0 Å². The van der Waals surface area contributed by atoms with Gasteiger partial charge in [-0.25, -0.2) is 9.37 Å². The van der Waals surface area contributed by atoms with E-state index in [0.717, 1.165) is 18.4 Å². The Morgan fingerprint density at radius 3 is 2.70 bits per heavy atom. The summed E-state index contributed by atoms with van der Waals surface area (Å²) in [6.07, 6.45) is 7.32. The molecule has 1 aromatic carbocycles. The van der Waals surface area contributed by atoms with Crippen molar-refractivity contribution >= 4 is 41.1 Å². The van der Waals surface area contributed by atoms with E-state index in [9.17, 15) is 14.0 Å². The number of piperidine rings is 1. The topological polar surface area (TPSA) is 63.4 Å². The number of halogens is 2. The molecule has 1 aliphatic heterocycles. The standard InChI is InChI=1S/C22H23FN2O3S.ClH/c1-14(26)29-20-8-9-25(12-16(20)10-17-11-24-13-28-17)21(22(27)15-6-7-15)18-4-2-3-5-19(18)23;/h2-5,10-11,13,15,20-21H,6-9,12H2,1H3;1H/b16-10-;. The molecule has 1 aliphatic carbocycles. The summed E-state index contributed by atoms with van der Waals surface area (Å²) in [7, 11) is 0.